The number of benzene rings is 2. The van der Waals surface area contributed by atoms with Crippen molar-refractivity contribution in [2.24, 2.45) is 0 Å². The van der Waals surface area contributed by atoms with Crippen molar-refractivity contribution < 1.29 is 14.3 Å². The number of rotatable bonds is 7. The lowest BCUT2D eigenvalue weighted by Gasteiger charge is -2.34. The number of carbonyl (C=O) groups excluding carboxylic acids is 2. The highest BCUT2D eigenvalue weighted by molar-refractivity contribution is 7.17. The minimum atomic E-state index is -0.166. The van der Waals surface area contributed by atoms with E-state index >= 15 is 0 Å². The molecule has 2 heterocycles. The Bertz CT molecular complexity index is 1110. The molecule has 1 aromatic heterocycles. The molecule has 0 spiro atoms. The zero-order valence-electron chi connectivity index (χ0n) is 18.4. The number of piperazine rings is 1. The maximum atomic E-state index is 12.7. The molecule has 0 bridgehead atoms. The van der Waals surface area contributed by atoms with Crippen LogP contribution in [0.4, 0.5) is 11.4 Å². The second kappa shape index (κ2) is 10.1. The van der Waals surface area contributed by atoms with E-state index in [0.717, 1.165) is 32.7 Å². The van der Waals surface area contributed by atoms with Crippen molar-refractivity contribution in [2.75, 3.05) is 50.5 Å². The summed E-state index contributed by atoms with van der Waals surface area (Å²) in [7, 11) is 1.55. The lowest BCUT2D eigenvalue weighted by molar-refractivity contribution is -0.117. The first-order chi connectivity index (χ1) is 15.5. The molecule has 32 heavy (non-hydrogen) atoms. The van der Waals surface area contributed by atoms with Crippen molar-refractivity contribution in [3.63, 3.8) is 0 Å². The Morgan fingerprint density at radius 3 is 2.53 bits per heavy atom. The van der Waals surface area contributed by atoms with E-state index in [0.29, 0.717) is 23.7 Å². The molecule has 2 aromatic carbocycles. The highest BCUT2D eigenvalue weighted by Crippen LogP contribution is 2.28. The number of nitrogens with one attached hydrogen (secondary N) is 2. The van der Waals surface area contributed by atoms with Crippen LogP contribution in [0, 0.1) is 0 Å². The van der Waals surface area contributed by atoms with Crippen molar-refractivity contribution >= 4 is 44.6 Å². The van der Waals surface area contributed by atoms with Crippen LogP contribution in [0.3, 0.4) is 0 Å². The summed E-state index contributed by atoms with van der Waals surface area (Å²) in [5.74, 6) is 0.293. The lowest BCUT2D eigenvalue weighted by Crippen LogP contribution is -2.48. The number of hydrogen-bond donors (Lipinski definition) is 2. The molecule has 4 rings (SSSR count). The Morgan fingerprint density at radius 1 is 1.03 bits per heavy atom. The largest absolute Gasteiger partial charge is 0.495 e. The van der Waals surface area contributed by atoms with Gasteiger partial charge in [-0.1, -0.05) is 18.2 Å². The molecule has 1 aliphatic heterocycles. The zero-order valence-corrected chi connectivity index (χ0v) is 19.2. The van der Waals surface area contributed by atoms with E-state index in [1.807, 2.05) is 0 Å². The average Bonchev–Trinajstić information content (AvgIpc) is 3.18. The standard InChI is InChI=1S/C24H28N4O3S/c1-17(29)25-19-7-8-22(31-2)21(13-19)26-24(30)15-28-11-9-27(10-12-28)14-18-16-32-23-6-4-3-5-20(18)23/h3-8,13,16H,9-12,14-15H2,1-2H3,(H,25,29)(H,26,30). The van der Waals surface area contributed by atoms with Gasteiger partial charge in [-0.05, 0) is 40.6 Å². The van der Waals surface area contributed by atoms with Crippen molar-refractivity contribution in [2.45, 2.75) is 13.5 Å². The topological polar surface area (TPSA) is 73.9 Å². The minimum absolute atomic E-state index is 0.0967. The zero-order chi connectivity index (χ0) is 22.5. The summed E-state index contributed by atoms with van der Waals surface area (Å²) in [5.41, 5.74) is 2.54. The van der Waals surface area contributed by atoms with E-state index in [1.54, 1.807) is 36.6 Å². The third-order valence-corrected chi connectivity index (χ3v) is 6.59. The number of nitrogens with zero attached hydrogens (tertiary/aromatic N) is 2. The van der Waals surface area contributed by atoms with Gasteiger partial charge in [0, 0.05) is 50.0 Å². The molecule has 0 atom stereocenters. The van der Waals surface area contributed by atoms with Crippen LogP contribution >= 0.6 is 11.3 Å². The first-order valence-corrected chi connectivity index (χ1v) is 11.5. The Kier molecular flexibility index (Phi) is 7.04. The van der Waals surface area contributed by atoms with Crippen LogP contribution in [-0.4, -0.2) is 61.4 Å². The molecular formula is C24H28N4O3S. The third kappa shape index (κ3) is 5.45. The normalized spacial score (nSPS) is 14.9. The summed E-state index contributed by atoms with van der Waals surface area (Å²) in [6, 6.07) is 13.7. The van der Waals surface area contributed by atoms with Gasteiger partial charge in [-0.2, -0.15) is 0 Å². The number of methoxy groups -OCH3 is 1. The first kappa shape index (κ1) is 22.3. The van der Waals surface area contributed by atoms with Gasteiger partial charge in [0.1, 0.15) is 5.75 Å². The van der Waals surface area contributed by atoms with E-state index in [1.165, 1.54) is 22.6 Å². The molecule has 1 aliphatic rings. The van der Waals surface area contributed by atoms with Gasteiger partial charge in [-0.15, -0.1) is 11.3 Å². The van der Waals surface area contributed by atoms with Crippen molar-refractivity contribution in [3.05, 3.63) is 53.4 Å². The predicted octanol–water partition coefficient (Wildman–Crippen LogP) is 3.62. The van der Waals surface area contributed by atoms with Crippen LogP contribution in [0.1, 0.15) is 12.5 Å². The second-order valence-electron chi connectivity index (χ2n) is 7.95. The Balaban J connectivity index is 1.29. The fraction of sp³-hybridized carbons (Fsp3) is 0.333. The van der Waals surface area contributed by atoms with Crippen LogP contribution in [0.25, 0.3) is 10.1 Å². The number of hydrogen-bond acceptors (Lipinski definition) is 6. The molecule has 0 aliphatic carbocycles. The molecular weight excluding hydrogens is 424 g/mol. The average molecular weight is 453 g/mol. The second-order valence-corrected chi connectivity index (χ2v) is 8.87. The van der Waals surface area contributed by atoms with E-state index in [-0.39, 0.29) is 11.8 Å². The van der Waals surface area contributed by atoms with Gasteiger partial charge < -0.3 is 15.4 Å². The molecule has 0 unspecified atom stereocenters. The van der Waals surface area contributed by atoms with Gasteiger partial charge in [0.15, 0.2) is 0 Å². The first-order valence-electron chi connectivity index (χ1n) is 10.7. The number of anilines is 2. The van der Waals surface area contributed by atoms with Gasteiger partial charge in [0.25, 0.3) is 0 Å². The van der Waals surface area contributed by atoms with Crippen LogP contribution in [0.5, 0.6) is 5.75 Å². The maximum Gasteiger partial charge on any atom is 0.238 e. The minimum Gasteiger partial charge on any atom is -0.495 e. The maximum absolute atomic E-state index is 12.7. The summed E-state index contributed by atoms with van der Waals surface area (Å²) < 4.78 is 6.67. The monoisotopic (exact) mass is 452 g/mol. The number of fused-ring (bicyclic) bond motifs is 1. The van der Waals surface area contributed by atoms with Crippen molar-refractivity contribution in [3.8, 4) is 5.75 Å². The molecule has 0 radical (unpaired) electrons. The number of amides is 2. The molecule has 168 valence electrons. The Morgan fingerprint density at radius 2 is 1.78 bits per heavy atom. The lowest BCUT2D eigenvalue weighted by atomic mass is 10.1. The smallest absolute Gasteiger partial charge is 0.238 e. The van der Waals surface area contributed by atoms with E-state index in [4.69, 9.17) is 4.74 Å². The van der Waals surface area contributed by atoms with E-state index in [9.17, 15) is 9.59 Å². The highest BCUT2D eigenvalue weighted by atomic mass is 32.1. The molecule has 0 saturated carbocycles. The van der Waals surface area contributed by atoms with Crippen molar-refractivity contribution in [1.29, 1.82) is 0 Å². The quantitative estimate of drug-likeness (QED) is 0.573. The van der Waals surface area contributed by atoms with E-state index in [2.05, 4.69) is 50.1 Å². The number of carbonyl (C=O) groups is 2. The van der Waals surface area contributed by atoms with Crippen molar-refractivity contribution in [1.82, 2.24) is 9.80 Å². The Hall–Kier alpha value is -2.94. The fourth-order valence-electron chi connectivity index (χ4n) is 3.98. The third-order valence-electron chi connectivity index (χ3n) is 5.58. The summed E-state index contributed by atoms with van der Waals surface area (Å²) in [6.07, 6.45) is 0. The fourth-order valence-corrected chi connectivity index (χ4v) is 4.94. The predicted molar refractivity (Wildman–Crippen MR) is 129 cm³/mol. The number of thiophene rings is 1. The molecule has 2 amide bonds. The van der Waals surface area contributed by atoms with Gasteiger partial charge in [0.2, 0.25) is 11.8 Å². The van der Waals surface area contributed by atoms with Gasteiger partial charge in [0.05, 0.1) is 19.3 Å². The molecule has 7 nitrogen and oxygen atoms in total. The number of ether oxygens (including phenoxy) is 1. The van der Waals surface area contributed by atoms with E-state index < -0.39 is 0 Å². The van der Waals surface area contributed by atoms with Crippen LogP contribution < -0.4 is 15.4 Å². The molecule has 2 N–H and O–H groups in total. The van der Waals surface area contributed by atoms with Gasteiger partial charge >= 0.3 is 0 Å². The van der Waals surface area contributed by atoms with Crippen LogP contribution in [-0.2, 0) is 16.1 Å². The molecule has 3 aromatic rings. The molecule has 1 fully saturated rings. The summed E-state index contributed by atoms with van der Waals surface area (Å²) in [4.78, 5) is 28.6. The molecule has 1 saturated heterocycles. The summed E-state index contributed by atoms with van der Waals surface area (Å²) in [6.45, 7) is 6.26. The van der Waals surface area contributed by atoms with Gasteiger partial charge in [-0.25, -0.2) is 0 Å². The SMILES string of the molecule is COc1ccc(NC(C)=O)cc1NC(=O)CN1CCN(Cc2csc3ccccc23)CC1. The Labute approximate surface area is 192 Å². The van der Waals surface area contributed by atoms with Gasteiger partial charge in [-0.3, -0.25) is 19.4 Å². The molecule has 8 heteroatoms. The summed E-state index contributed by atoms with van der Waals surface area (Å²) >= 11 is 1.80. The van der Waals surface area contributed by atoms with Crippen LogP contribution in [0.2, 0.25) is 0 Å². The van der Waals surface area contributed by atoms with Crippen LogP contribution in [0.15, 0.2) is 47.8 Å². The summed E-state index contributed by atoms with van der Waals surface area (Å²) in [5, 5.41) is 9.24. The highest BCUT2D eigenvalue weighted by Gasteiger charge is 2.20.